The number of amides is 1. The Balaban J connectivity index is 1.75. The van der Waals surface area contributed by atoms with Crippen molar-refractivity contribution < 1.29 is 27.4 Å². The second kappa shape index (κ2) is 8.79. The highest BCUT2D eigenvalue weighted by Gasteiger charge is 2.70. The number of fused-ring (bicyclic) bond motifs is 3. The van der Waals surface area contributed by atoms with Gasteiger partial charge in [-0.15, -0.1) is 24.8 Å². The standard InChI is InChI=1S/C26H26ClF3N4O4/c1-14-12-33(13-32-14)18-6-5-17(22(31)35)34(23(18)36)21(8-9-27)25-11-20(25)24(2,3)38-19-7-4-15(10-16(19)25)37-26(28,29)30/h4-7,10,12-13,20-21H,8-9,11H2,1-3H3,(H2,31,35). The molecule has 202 valence electrons. The number of aryl methyl sites for hydroxylation is 1. The van der Waals surface area contributed by atoms with Crippen LogP contribution >= 0.6 is 11.6 Å². The van der Waals surface area contributed by atoms with Crippen LogP contribution in [0.5, 0.6) is 11.5 Å². The van der Waals surface area contributed by atoms with E-state index in [1.54, 1.807) is 17.7 Å². The Labute approximate surface area is 221 Å². The van der Waals surface area contributed by atoms with E-state index in [2.05, 4.69) is 9.72 Å². The lowest BCUT2D eigenvalue weighted by Gasteiger charge is -2.41. The van der Waals surface area contributed by atoms with E-state index in [-0.39, 0.29) is 29.6 Å². The summed E-state index contributed by atoms with van der Waals surface area (Å²) in [5.74, 6) is -0.909. The molecule has 1 saturated carbocycles. The number of nitrogens with two attached hydrogens (primary N) is 1. The van der Waals surface area contributed by atoms with Crippen molar-refractivity contribution in [2.45, 2.75) is 57.0 Å². The Morgan fingerprint density at radius 1 is 1.32 bits per heavy atom. The van der Waals surface area contributed by atoms with E-state index in [4.69, 9.17) is 22.1 Å². The van der Waals surface area contributed by atoms with Gasteiger partial charge in [0, 0.05) is 35.0 Å². The lowest BCUT2D eigenvalue weighted by molar-refractivity contribution is -0.274. The molecule has 0 saturated heterocycles. The maximum Gasteiger partial charge on any atom is 0.573 e. The number of ether oxygens (including phenoxy) is 2. The molecule has 38 heavy (non-hydrogen) atoms. The van der Waals surface area contributed by atoms with Crippen molar-refractivity contribution >= 4 is 17.5 Å². The minimum Gasteiger partial charge on any atom is -0.487 e. The third-order valence-corrected chi connectivity index (χ3v) is 7.75. The minimum absolute atomic E-state index is 0.0285. The highest BCUT2D eigenvalue weighted by molar-refractivity contribution is 6.17. The highest BCUT2D eigenvalue weighted by atomic mass is 35.5. The number of carbonyl (C=O) groups excluding carboxylic acids is 1. The second-order valence-electron chi connectivity index (χ2n) is 10.3. The van der Waals surface area contributed by atoms with Gasteiger partial charge in [-0.1, -0.05) is 0 Å². The molecule has 3 atom stereocenters. The van der Waals surface area contributed by atoms with Gasteiger partial charge < -0.3 is 19.8 Å². The third kappa shape index (κ3) is 4.22. The molecule has 0 radical (unpaired) electrons. The van der Waals surface area contributed by atoms with E-state index in [0.29, 0.717) is 23.4 Å². The van der Waals surface area contributed by atoms with Gasteiger partial charge >= 0.3 is 6.36 Å². The Hall–Kier alpha value is -3.47. The molecule has 3 unspecified atom stereocenters. The zero-order chi connectivity index (χ0) is 27.6. The van der Waals surface area contributed by atoms with E-state index in [1.165, 1.54) is 41.2 Å². The van der Waals surface area contributed by atoms with Crippen LogP contribution in [-0.2, 0) is 5.41 Å². The maximum atomic E-state index is 14.0. The summed E-state index contributed by atoms with van der Waals surface area (Å²) in [5.41, 5.74) is 5.00. The molecule has 2 N–H and O–H groups in total. The predicted octanol–water partition coefficient (Wildman–Crippen LogP) is 4.64. The fraction of sp³-hybridized carbons (Fsp3) is 0.423. The normalized spacial score (nSPS) is 22.1. The van der Waals surface area contributed by atoms with Gasteiger partial charge in [-0.05, 0) is 63.9 Å². The fourth-order valence-electron chi connectivity index (χ4n) is 6.03. The van der Waals surface area contributed by atoms with Crippen molar-refractivity contribution in [2.75, 3.05) is 5.88 Å². The molecule has 3 heterocycles. The molecule has 2 aromatic heterocycles. The van der Waals surface area contributed by atoms with Crippen LogP contribution in [0.25, 0.3) is 5.69 Å². The fourth-order valence-corrected chi connectivity index (χ4v) is 6.23. The number of hydrogen-bond acceptors (Lipinski definition) is 5. The van der Waals surface area contributed by atoms with Crippen LogP contribution in [0.3, 0.4) is 0 Å². The van der Waals surface area contributed by atoms with Crippen molar-refractivity contribution in [3.63, 3.8) is 0 Å². The van der Waals surface area contributed by atoms with Crippen molar-refractivity contribution in [2.24, 2.45) is 11.7 Å². The molecule has 8 nitrogen and oxygen atoms in total. The molecule has 0 spiro atoms. The van der Waals surface area contributed by atoms with Gasteiger partial charge in [-0.2, -0.15) is 0 Å². The zero-order valence-electron chi connectivity index (χ0n) is 20.9. The predicted molar refractivity (Wildman–Crippen MR) is 133 cm³/mol. The summed E-state index contributed by atoms with van der Waals surface area (Å²) in [6.07, 6.45) is -0.994. The topological polar surface area (TPSA) is 101 Å². The Morgan fingerprint density at radius 2 is 2.05 bits per heavy atom. The molecule has 2 aliphatic rings. The lowest BCUT2D eigenvalue weighted by atomic mass is 9.77. The molecule has 3 aromatic rings. The van der Waals surface area contributed by atoms with Crippen molar-refractivity contribution in [1.29, 1.82) is 0 Å². The van der Waals surface area contributed by atoms with Crippen LogP contribution in [-0.4, -0.2) is 37.9 Å². The molecule has 1 aliphatic carbocycles. The van der Waals surface area contributed by atoms with E-state index < -0.39 is 40.6 Å². The highest BCUT2D eigenvalue weighted by Crippen LogP contribution is 2.70. The van der Waals surface area contributed by atoms with E-state index >= 15 is 0 Å². The van der Waals surface area contributed by atoms with Crippen LogP contribution in [0, 0.1) is 12.8 Å². The molecule has 12 heteroatoms. The lowest BCUT2D eigenvalue weighted by Crippen LogP contribution is -2.45. The van der Waals surface area contributed by atoms with Crippen LogP contribution in [0.1, 0.15) is 54.5 Å². The number of imidazole rings is 1. The van der Waals surface area contributed by atoms with Crippen LogP contribution in [0.2, 0.25) is 0 Å². The average Bonchev–Trinajstić information content (AvgIpc) is 3.46. The van der Waals surface area contributed by atoms with E-state index in [9.17, 15) is 22.8 Å². The third-order valence-electron chi connectivity index (χ3n) is 7.53. The molecule has 0 bridgehead atoms. The smallest absolute Gasteiger partial charge is 0.487 e. The van der Waals surface area contributed by atoms with Crippen molar-refractivity contribution in [3.8, 4) is 17.2 Å². The number of aromatic nitrogens is 3. The van der Waals surface area contributed by atoms with Gasteiger partial charge in [-0.25, -0.2) is 4.98 Å². The molecular formula is C26H26ClF3N4O4. The number of hydrogen-bond donors (Lipinski definition) is 1. The molecular weight excluding hydrogens is 525 g/mol. The van der Waals surface area contributed by atoms with Gasteiger partial charge in [-0.3, -0.25) is 14.2 Å². The maximum absolute atomic E-state index is 14.0. The quantitative estimate of drug-likeness (QED) is 0.432. The van der Waals surface area contributed by atoms with Crippen molar-refractivity contribution in [1.82, 2.24) is 14.1 Å². The summed E-state index contributed by atoms with van der Waals surface area (Å²) in [4.78, 5) is 30.8. The summed E-state index contributed by atoms with van der Waals surface area (Å²) in [5, 5.41) is 0. The number of pyridine rings is 1. The molecule has 1 fully saturated rings. The van der Waals surface area contributed by atoms with Crippen molar-refractivity contribution in [3.05, 3.63) is 70.2 Å². The zero-order valence-corrected chi connectivity index (χ0v) is 21.6. The van der Waals surface area contributed by atoms with E-state index in [1.807, 2.05) is 13.8 Å². The Bertz CT molecular complexity index is 1480. The van der Waals surface area contributed by atoms with Crippen LogP contribution in [0.4, 0.5) is 13.2 Å². The number of nitrogens with zero attached hydrogens (tertiary/aromatic N) is 3. The summed E-state index contributed by atoms with van der Waals surface area (Å²) < 4.78 is 52.5. The van der Waals surface area contributed by atoms with Gasteiger partial charge in [0.05, 0.1) is 12.0 Å². The first-order chi connectivity index (χ1) is 17.8. The minimum atomic E-state index is -4.89. The first-order valence-corrected chi connectivity index (χ1v) is 12.5. The van der Waals surface area contributed by atoms with Gasteiger partial charge in [0.15, 0.2) is 0 Å². The van der Waals surface area contributed by atoms with Gasteiger partial charge in [0.1, 0.15) is 28.5 Å². The molecule has 5 rings (SSSR count). The average molecular weight is 551 g/mol. The SMILES string of the molecule is Cc1cn(-c2ccc(C(N)=O)n(C(CCCl)C34CC3C(C)(C)Oc3ccc(OC(F)(F)F)cc34)c2=O)cn1. The first-order valence-electron chi connectivity index (χ1n) is 12.0. The summed E-state index contributed by atoms with van der Waals surface area (Å²) in [7, 11) is 0. The molecule has 1 aliphatic heterocycles. The van der Waals surface area contributed by atoms with E-state index in [0.717, 1.165) is 0 Å². The Kier molecular flexibility index (Phi) is 6.05. The number of primary amides is 1. The summed E-state index contributed by atoms with van der Waals surface area (Å²) in [6, 6.07) is 6.19. The largest absolute Gasteiger partial charge is 0.573 e. The Morgan fingerprint density at radius 3 is 2.66 bits per heavy atom. The monoisotopic (exact) mass is 550 g/mol. The van der Waals surface area contributed by atoms with Gasteiger partial charge in [0.25, 0.3) is 11.5 Å². The second-order valence-corrected chi connectivity index (χ2v) is 10.6. The van der Waals surface area contributed by atoms with Gasteiger partial charge in [0.2, 0.25) is 0 Å². The first kappa shape index (κ1) is 26.1. The van der Waals surface area contributed by atoms with Crippen LogP contribution in [0.15, 0.2) is 47.7 Å². The number of alkyl halides is 4. The molecule has 1 aromatic carbocycles. The number of rotatable bonds is 7. The van der Waals surface area contributed by atoms with Crippen LogP contribution < -0.4 is 20.8 Å². The summed E-state index contributed by atoms with van der Waals surface area (Å²) >= 11 is 6.26. The number of halogens is 4. The molecule has 1 amide bonds. The number of benzene rings is 1. The summed E-state index contributed by atoms with van der Waals surface area (Å²) in [6.45, 7) is 5.56. The number of carbonyl (C=O) groups is 1.